The van der Waals surface area contributed by atoms with Crippen LogP contribution >= 0.6 is 0 Å². The molecule has 0 saturated carbocycles. The van der Waals surface area contributed by atoms with Crippen molar-refractivity contribution in [1.29, 1.82) is 0 Å². The summed E-state index contributed by atoms with van der Waals surface area (Å²) >= 11 is 0. The number of hydrogen-bond donors (Lipinski definition) is 1. The second kappa shape index (κ2) is 5.65. The van der Waals surface area contributed by atoms with Crippen molar-refractivity contribution in [2.24, 2.45) is 5.92 Å². The Morgan fingerprint density at radius 1 is 1.20 bits per heavy atom. The first kappa shape index (κ1) is 14.6. The normalized spacial score (nSPS) is 22.6. The van der Waals surface area contributed by atoms with E-state index < -0.39 is 5.97 Å². The predicted octanol–water partition coefficient (Wildman–Crippen LogP) is 2.63. The molecule has 2 unspecified atom stereocenters. The smallest absolute Gasteiger partial charge is 0.306 e. The van der Waals surface area contributed by atoms with Crippen molar-refractivity contribution in [3.05, 3.63) is 34.9 Å². The summed E-state index contributed by atoms with van der Waals surface area (Å²) in [5, 5.41) is 9.07. The Bertz CT molecular complexity index is 518. The summed E-state index contributed by atoms with van der Waals surface area (Å²) in [5.74, 6) is -1.07. The van der Waals surface area contributed by atoms with Crippen LogP contribution in [0.25, 0.3) is 0 Å². The summed E-state index contributed by atoms with van der Waals surface area (Å²) in [6.07, 6.45) is 1.07. The van der Waals surface area contributed by atoms with E-state index in [-0.39, 0.29) is 17.9 Å². The monoisotopic (exact) mass is 275 g/mol. The van der Waals surface area contributed by atoms with Crippen LogP contribution in [0.1, 0.15) is 41.3 Å². The van der Waals surface area contributed by atoms with Gasteiger partial charge in [-0.1, -0.05) is 17.2 Å². The third-order valence-electron chi connectivity index (χ3n) is 3.95. The molecule has 1 heterocycles. The molecule has 0 radical (unpaired) electrons. The van der Waals surface area contributed by atoms with Gasteiger partial charge in [0.05, 0.1) is 5.92 Å². The molecular weight excluding hydrogens is 254 g/mol. The molecule has 0 aliphatic carbocycles. The number of hydrogen-bond acceptors (Lipinski definition) is 2. The number of benzene rings is 1. The summed E-state index contributed by atoms with van der Waals surface area (Å²) in [6, 6.07) is 5.80. The van der Waals surface area contributed by atoms with Gasteiger partial charge in [-0.2, -0.15) is 0 Å². The van der Waals surface area contributed by atoms with Crippen molar-refractivity contribution in [3.63, 3.8) is 0 Å². The number of carbonyl (C=O) groups excluding carboxylic acids is 1. The van der Waals surface area contributed by atoms with E-state index in [0.717, 1.165) is 11.1 Å². The van der Waals surface area contributed by atoms with E-state index >= 15 is 0 Å². The Balaban J connectivity index is 2.15. The van der Waals surface area contributed by atoms with E-state index in [1.807, 2.05) is 39.0 Å². The second-order valence-corrected chi connectivity index (χ2v) is 5.78. The first-order valence-electron chi connectivity index (χ1n) is 7.00. The van der Waals surface area contributed by atoms with E-state index in [4.69, 9.17) is 5.11 Å². The van der Waals surface area contributed by atoms with Gasteiger partial charge >= 0.3 is 5.97 Å². The van der Waals surface area contributed by atoms with Gasteiger partial charge < -0.3 is 10.0 Å². The van der Waals surface area contributed by atoms with Crippen molar-refractivity contribution < 1.29 is 14.7 Å². The van der Waals surface area contributed by atoms with Gasteiger partial charge in [0, 0.05) is 18.2 Å². The molecule has 1 fully saturated rings. The molecule has 4 nitrogen and oxygen atoms in total. The molecule has 4 heteroatoms. The first-order valence-corrected chi connectivity index (χ1v) is 7.00. The Hall–Kier alpha value is -1.84. The zero-order valence-corrected chi connectivity index (χ0v) is 12.2. The predicted molar refractivity (Wildman–Crippen MR) is 76.8 cm³/mol. The number of nitrogens with zero attached hydrogens (tertiary/aromatic N) is 1. The number of rotatable bonds is 2. The Labute approximate surface area is 119 Å². The number of likely N-dealkylation sites (tertiary alicyclic amines) is 1. The summed E-state index contributed by atoms with van der Waals surface area (Å²) in [4.78, 5) is 25.4. The van der Waals surface area contributed by atoms with Gasteiger partial charge in [-0.05, 0) is 45.7 Å². The van der Waals surface area contributed by atoms with Gasteiger partial charge in [0.25, 0.3) is 5.91 Å². The van der Waals surface area contributed by atoms with E-state index in [1.54, 1.807) is 4.90 Å². The molecule has 2 atom stereocenters. The number of amides is 1. The van der Waals surface area contributed by atoms with E-state index in [2.05, 4.69) is 0 Å². The van der Waals surface area contributed by atoms with Gasteiger partial charge in [-0.15, -0.1) is 0 Å². The summed E-state index contributed by atoms with van der Waals surface area (Å²) < 4.78 is 0. The van der Waals surface area contributed by atoms with Gasteiger partial charge in [0.15, 0.2) is 0 Å². The third kappa shape index (κ3) is 3.00. The van der Waals surface area contributed by atoms with Crippen molar-refractivity contribution in [1.82, 2.24) is 4.90 Å². The molecule has 1 aliphatic rings. The SMILES string of the molecule is Cc1cc(C)cc(C(=O)N2CCC(C(=O)O)CC2C)c1. The fourth-order valence-corrected chi connectivity index (χ4v) is 2.96. The van der Waals surface area contributed by atoms with E-state index in [0.29, 0.717) is 24.9 Å². The largest absolute Gasteiger partial charge is 0.481 e. The number of aryl methyl sites for hydroxylation is 2. The zero-order valence-electron chi connectivity index (χ0n) is 12.2. The molecule has 1 aromatic rings. The van der Waals surface area contributed by atoms with Crippen molar-refractivity contribution in [3.8, 4) is 0 Å². The van der Waals surface area contributed by atoms with Crippen LogP contribution in [-0.4, -0.2) is 34.5 Å². The van der Waals surface area contributed by atoms with Crippen LogP contribution in [0, 0.1) is 19.8 Å². The maximum atomic E-state index is 12.6. The van der Waals surface area contributed by atoms with Crippen LogP contribution in [0.2, 0.25) is 0 Å². The Kier molecular flexibility index (Phi) is 4.12. The average Bonchev–Trinajstić information content (AvgIpc) is 2.36. The molecular formula is C16H21NO3. The highest BCUT2D eigenvalue weighted by atomic mass is 16.4. The molecule has 108 valence electrons. The van der Waals surface area contributed by atoms with Crippen LogP contribution in [0.15, 0.2) is 18.2 Å². The van der Waals surface area contributed by atoms with Gasteiger partial charge in [0.2, 0.25) is 0 Å². The van der Waals surface area contributed by atoms with Gasteiger partial charge in [-0.3, -0.25) is 9.59 Å². The second-order valence-electron chi connectivity index (χ2n) is 5.78. The van der Waals surface area contributed by atoms with Crippen LogP contribution in [0.3, 0.4) is 0 Å². The molecule has 0 bridgehead atoms. The number of piperidine rings is 1. The quantitative estimate of drug-likeness (QED) is 0.902. The Morgan fingerprint density at radius 3 is 2.30 bits per heavy atom. The fourth-order valence-electron chi connectivity index (χ4n) is 2.96. The molecule has 20 heavy (non-hydrogen) atoms. The zero-order chi connectivity index (χ0) is 14.9. The average molecular weight is 275 g/mol. The molecule has 1 aliphatic heterocycles. The lowest BCUT2D eigenvalue weighted by Gasteiger charge is -2.36. The molecule has 1 aromatic carbocycles. The fraction of sp³-hybridized carbons (Fsp3) is 0.500. The highest BCUT2D eigenvalue weighted by molar-refractivity contribution is 5.95. The molecule has 0 aromatic heterocycles. The van der Waals surface area contributed by atoms with Crippen LogP contribution in [0.4, 0.5) is 0 Å². The van der Waals surface area contributed by atoms with Crippen LogP contribution in [0.5, 0.6) is 0 Å². The van der Waals surface area contributed by atoms with E-state index in [9.17, 15) is 9.59 Å². The Morgan fingerprint density at radius 2 is 1.80 bits per heavy atom. The molecule has 2 rings (SSSR count). The summed E-state index contributed by atoms with van der Waals surface area (Å²) in [5.41, 5.74) is 2.84. The maximum Gasteiger partial charge on any atom is 0.306 e. The molecule has 1 saturated heterocycles. The number of aliphatic carboxylic acids is 1. The summed E-state index contributed by atoms with van der Waals surface area (Å²) in [7, 11) is 0. The maximum absolute atomic E-state index is 12.6. The highest BCUT2D eigenvalue weighted by Gasteiger charge is 2.32. The van der Waals surface area contributed by atoms with Gasteiger partial charge in [0.1, 0.15) is 0 Å². The standard InChI is InChI=1S/C16H21NO3/c1-10-6-11(2)8-14(7-10)15(18)17-5-4-13(16(19)20)9-12(17)3/h6-8,12-13H,4-5,9H2,1-3H3,(H,19,20). The third-order valence-corrected chi connectivity index (χ3v) is 3.95. The lowest BCUT2D eigenvalue weighted by molar-refractivity contribution is -0.143. The molecule has 0 spiro atoms. The van der Waals surface area contributed by atoms with Gasteiger partial charge in [-0.25, -0.2) is 0 Å². The van der Waals surface area contributed by atoms with Crippen LogP contribution in [-0.2, 0) is 4.79 Å². The minimum absolute atomic E-state index is 0.00754. The first-order chi connectivity index (χ1) is 9.38. The van der Waals surface area contributed by atoms with Crippen molar-refractivity contribution in [2.75, 3.05) is 6.54 Å². The highest BCUT2D eigenvalue weighted by Crippen LogP contribution is 2.25. The van der Waals surface area contributed by atoms with E-state index in [1.165, 1.54) is 0 Å². The minimum atomic E-state index is -0.754. The minimum Gasteiger partial charge on any atom is -0.481 e. The number of carboxylic acid groups (broad SMARTS) is 1. The lowest BCUT2D eigenvalue weighted by atomic mass is 9.91. The summed E-state index contributed by atoms with van der Waals surface area (Å²) in [6.45, 7) is 6.40. The molecule has 1 N–H and O–H groups in total. The van der Waals surface area contributed by atoms with Crippen LogP contribution < -0.4 is 0 Å². The topological polar surface area (TPSA) is 57.6 Å². The van der Waals surface area contributed by atoms with Crippen molar-refractivity contribution in [2.45, 2.75) is 39.7 Å². The number of carbonyl (C=O) groups is 2. The number of carboxylic acids is 1. The molecule has 1 amide bonds. The lowest BCUT2D eigenvalue weighted by Crippen LogP contribution is -2.46. The van der Waals surface area contributed by atoms with Crippen molar-refractivity contribution >= 4 is 11.9 Å².